The Morgan fingerprint density at radius 2 is 1.14 bits per heavy atom. The van der Waals surface area contributed by atoms with Crippen LogP contribution in [0.1, 0.15) is 84.6 Å². The van der Waals surface area contributed by atoms with Gasteiger partial charge in [0.2, 0.25) is 0 Å². The van der Waals surface area contributed by atoms with Gasteiger partial charge in [-0.15, -0.1) is 0 Å². The van der Waals surface area contributed by atoms with Crippen molar-refractivity contribution in [2.75, 3.05) is 0 Å². The molecule has 0 atom stereocenters. The van der Waals surface area contributed by atoms with Gasteiger partial charge in [0.1, 0.15) is 11.6 Å². The predicted molar refractivity (Wildman–Crippen MR) is 276 cm³/mol. The van der Waals surface area contributed by atoms with Crippen molar-refractivity contribution in [3.8, 4) is 67.5 Å². The number of hydrogen-bond acceptors (Lipinski definition) is 3. The van der Waals surface area contributed by atoms with Gasteiger partial charge in [-0.25, -0.2) is 13.8 Å². The van der Waals surface area contributed by atoms with Gasteiger partial charge in [0.15, 0.2) is 0 Å². The Morgan fingerprint density at radius 3 is 1.76 bits per heavy atom. The van der Waals surface area contributed by atoms with Gasteiger partial charge in [-0.3, -0.25) is 9.55 Å². The zero-order valence-corrected chi connectivity index (χ0v) is 41.6. The third kappa shape index (κ3) is 9.41. The first-order valence-corrected chi connectivity index (χ1v) is 26.8. The number of fused-ring (bicyclic) bond motifs is 1. The number of phenolic OH excluding ortho intramolecular Hbond substituents is 1. The van der Waals surface area contributed by atoms with Crippen LogP contribution in [0.25, 0.3) is 72.7 Å². The fourth-order valence-corrected chi connectivity index (χ4v) is 10.4. The topological polar surface area (TPSA) is 50.9 Å². The standard InChI is InChI=1S/C59H63F2N3OSi/c1-56(2,3)44-31-41(30-42(32-44)50-33-40(28-29-62-50)38-20-15-13-16-21-38)46-24-19-25-52-53(46)63-55(48-35-45(57(4,5)6)36-49(54(48)65)58(7,8)9)64(52)51-27-26-43(59(60,61)37-66(10,11)12)34-47(51)39-22-17-14-18-23-39/h13-36,65H,37H2,1-12H3. The molecule has 8 aromatic rings. The molecule has 2 heterocycles. The van der Waals surface area contributed by atoms with E-state index in [1.165, 1.54) is 0 Å². The van der Waals surface area contributed by atoms with Gasteiger partial charge in [-0.05, 0) is 98.2 Å². The number of para-hydroxylation sites is 1. The van der Waals surface area contributed by atoms with Crippen molar-refractivity contribution in [2.45, 2.75) is 110 Å². The van der Waals surface area contributed by atoms with Crippen molar-refractivity contribution in [1.29, 1.82) is 0 Å². The Morgan fingerprint density at radius 1 is 0.530 bits per heavy atom. The third-order valence-electron chi connectivity index (χ3n) is 12.5. The number of benzene rings is 6. The highest BCUT2D eigenvalue weighted by atomic mass is 28.3. The summed E-state index contributed by atoms with van der Waals surface area (Å²) >= 11 is 0. The highest BCUT2D eigenvalue weighted by Gasteiger charge is 2.38. The summed E-state index contributed by atoms with van der Waals surface area (Å²) in [6, 6.07) is 46.3. The first kappa shape index (κ1) is 46.4. The van der Waals surface area contributed by atoms with Crippen LogP contribution in [-0.2, 0) is 22.2 Å². The van der Waals surface area contributed by atoms with E-state index in [0.717, 1.165) is 66.8 Å². The van der Waals surface area contributed by atoms with E-state index in [4.69, 9.17) is 9.97 Å². The summed E-state index contributed by atoms with van der Waals surface area (Å²) in [7, 11) is -2.17. The van der Waals surface area contributed by atoms with Gasteiger partial charge >= 0.3 is 0 Å². The molecule has 0 saturated heterocycles. The monoisotopic (exact) mass is 895 g/mol. The lowest BCUT2D eigenvalue weighted by atomic mass is 9.79. The Bertz CT molecular complexity index is 3070. The molecule has 0 saturated carbocycles. The molecule has 2 aromatic heterocycles. The summed E-state index contributed by atoms with van der Waals surface area (Å²) < 4.78 is 34.8. The fourth-order valence-electron chi connectivity index (χ4n) is 8.90. The smallest absolute Gasteiger partial charge is 0.270 e. The lowest BCUT2D eigenvalue weighted by Gasteiger charge is -2.28. The van der Waals surface area contributed by atoms with Crippen LogP contribution in [0, 0.1) is 0 Å². The summed E-state index contributed by atoms with van der Waals surface area (Å²) in [5.41, 5.74) is 12.3. The van der Waals surface area contributed by atoms with Crippen LogP contribution >= 0.6 is 0 Å². The Kier molecular flexibility index (Phi) is 11.9. The molecule has 0 radical (unpaired) electrons. The highest BCUT2D eigenvalue weighted by Crippen LogP contribution is 2.47. The van der Waals surface area contributed by atoms with Crippen molar-refractivity contribution in [3.05, 3.63) is 168 Å². The lowest BCUT2D eigenvalue weighted by Crippen LogP contribution is -2.29. The maximum absolute atomic E-state index is 16.4. The van der Waals surface area contributed by atoms with Gasteiger partial charge < -0.3 is 5.11 Å². The molecule has 4 nitrogen and oxygen atoms in total. The van der Waals surface area contributed by atoms with Crippen LogP contribution in [0.5, 0.6) is 5.75 Å². The van der Waals surface area contributed by atoms with E-state index in [1.807, 2.05) is 98.6 Å². The zero-order valence-electron chi connectivity index (χ0n) is 40.6. The van der Waals surface area contributed by atoms with Crippen LogP contribution in [-0.4, -0.2) is 27.7 Å². The van der Waals surface area contributed by atoms with Crippen LogP contribution in [0.2, 0.25) is 25.7 Å². The molecule has 338 valence electrons. The lowest BCUT2D eigenvalue weighted by molar-refractivity contribution is 0.0161. The van der Waals surface area contributed by atoms with Gasteiger partial charge in [-0.1, -0.05) is 173 Å². The molecule has 66 heavy (non-hydrogen) atoms. The molecule has 0 aliphatic rings. The van der Waals surface area contributed by atoms with Crippen LogP contribution in [0.4, 0.5) is 8.78 Å². The summed E-state index contributed by atoms with van der Waals surface area (Å²) in [5, 5.41) is 12.5. The second-order valence-corrected chi connectivity index (χ2v) is 27.7. The number of alkyl halides is 2. The minimum atomic E-state index is -3.02. The fraction of sp³-hybridized carbons (Fsp3) is 0.288. The molecule has 1 N–H and O–H groups in total. The molecule has 0 aliphatic carbocycles. The van der Waals surface area contributed by atoms with Crippen LogP contribution in [0.3, 0.4) is 0 Å². The molecule has 6 aromatic carbocycles. The Labute approximate surface area is 391 Å². The number of imidazole rings is 1. The van der Waals surface area contributed by atoms with Crippen molar-refractivity contribution in [1.82, 2.24) is 14.5 Å². The van der Waals surface area contributed by atoms with Gasteiger partial charge in [-0.2, -0.15) is 0 Å². The molecular weight excluding hydrogens is 833 g/mol. The Hall–Kier alpha value is -6.18. The van der Waals surface area contributed by atoms with Gasteiger partial charge in [0, 0.05) is 40.1 Å². The molecule has 8 rings (SSSR count). The number of nitrogens with zero attached hydrogens (tertiary/aromatic N) is 3. The average Bonchev–Trinajstić information content (AvgIpc) is 3.64. The summed E-state index contributed by atoms with van der Waals surface area (Å²) in [5.74, 6) is -2.35. The molecule has 7 heteroatoms. The van der Waals surface area contributed by atoms with E-state index in [2.05, 4.69) is 121 Å². The molecule has 0 unspecified atom stereocenters. The Balaban J connectivity index is 1.46. The molecule has 0 spiro atoms. The number of phenols is 1. The van der Waals surface area contributed by atoms with Crippen LogP contribution in [0.15, 0.2) is 146 Å². The van der Waals surface area contributed by atoms with E-state index >= 15 is 8.78 Å². The molecule has 0 fully saturated rings. The van der Waals surface area contributed by atoms with Crippen molar-refractivity contribution < 1.29 is 13.9 Å². The molecular formula is C59H63F2N3OSi. The second kappa shape index (κ2) is 16.9. The maximum Gasteiger partial charge on any atom is 0.270 e. The second-order valence-electron chi connectivity index (χ2n) is 22.2. The van der Waals surface area contributed by atoms with Gasteiger partial charge in [0.05, 0.1) is 36.1 Å². The zero-order chi connectivity index (χ0) is 47.6. The average molecular weight is 896 g/mol. The summed E-state index contributed by atoms with van der Waals surface area (Å²) in [6.45, 7) is 25.5. The van der Waals surface area contributed by atoms with Crippen LogP contribution < -0.4 is 0 Å². The number of pyridine rings is 1. The van der Waals surface area contributed by atoms with E-state index in [0.29, 0.717) is 22.6 Å². The van der Waals surface area contributed by atoms with Gasteiger partial charge in [0.25, 0.3) is 5.92 Å². The first-order chi connectivity index (χ1) is 30.9. The minimum absolute atomic E-state index is 0.0109. The minimum Gasteiger partial charge on any atom is -0.507 e. The first-order valence-electron chi connectivity index (χ1n) is 23.0. The maximum atomic E-state index is 16.4. The predicted octanol–water partition coefficient (Wildman–Crippen LogP) is 16.8. The normalized spacial score (nSPS) is 12.8. The number of aromatic hydroxyl groups is 1. The quantitative estimate of drug-likeness (QED) is 0.147. The van der Waals surface area contributed by atoms with E-state index in [9.17, 15) is 5.11 Å². The van der Waals surface area contributed by atoms with E-state index in [1.54, 1.807) is 12.1 Å². The summed E-state index contributed by atoms with van der Waals surface area (Å²) in [4.78, 5) is 10.5. The third-order valence-corrected chi connectivity index (χ3v) is 14.0. The molecule has 0 aliphatic heterocycles. The van der Waals surface area contributed by atoms with Crippen molar-refractivity contribution >= 4 is 19.1 Å². The van der Waals surface area contributed by atoms with E-state index in [-0.39, 0.29) is 28.2 Å². The summed E-state index contributed by atoms with van der Waals surface area (Å²) in [6.07, 6.45) is 1.87. The van der Waals surface area contributed by atoms with E-state index < -0.39 is 19.4 Å². The number of hydrogen-bond donors (Lipinski definition) is 1. The van der Waals surface area contributed by atoms with Crippen molar-refractivity contribution in [3.63, 3.8) is 0 Å². The SMILES string of the molecule is CC(C)(C)c1cc(-c2cc(-c3ccccc3)ccn2)cc(-c2cccc3c2nc(-c2cc(C(C)(C)C)cc(C(C)(C)C)c2O)n3-c2ccc(C(F)(F)C[Si](C)(C)C)cc2-c2ccccc2)c1. The molecule has 0 amide bonds. The number of rotatable bonds is 9. The molecule has 0 bridgehead atoms. The number of aromatic nitrogens is 3. The highest BCUT2D eigenvalue weighted by molar-refractivity contribution is 6.76. The largest absolute Gasteiger partial charge is 0.507 e. The van der Waals surface area contributed by atoms with Crippen molar-refractivity contribution in [2.24, 2.45) is 0 Å². The number of halogens is 2.